The van der Waals surface area contributed by atoms with E-state index in [0.29, 0.717) is 23.8 Å². The molecule has 1 aliphatic rings. The minimum atomic E-state index is -0.732. The number of likely N-dealkylation sites (tertiary alicyclic amines) is 1. The first-order valence-corrected chi connectivity index (χ1v) is 6.05. The van der Waals surface area contributed by atoms with Gasteiger partial charge in [-0.3, -0.25) is 4.79 Å². The molecule has 0 aromatic carbocycles. The summed E-state index contributed by atoms with van der Waals surface area (Å²) in [6.45, 7) is 4.71. The predicted octanol–water partition coefficient (Wildman–Crippen LogP) is 1.52. The lowest BCUT2D eigenvalue weighted by atomic mass is 9.83. The van der Waals surface area contributed by atoms with Crippen molar-refractivity contribution in [2.45, 2.75) is 19.4 Å². The van der Waals surface area contributed by atoms with Gasteiger partial charge in [-0.1, -0.05) is 25.4 Å². The molecule has 1 aliphatic heterocycles. The number of aromatic nitrogens is 1. The fourth-order valence-corrected chi connectivity index (χ4v) is 2.27. The van der Waals surface area contributed by atoms with Crippen LogP contribution in [0.4, 0.5) is 0 Å². The van der Waals surface area contributed by atoms with Gasteiger partial charge in [0.25, 0.3) is 5.91 Å². The third kappa shape index (κ3) is 2.07. The third-order valence-corrected chi connectivity index (χ3v) is 3.69. The second-order valence-electron chi connectivity index (χ2n) is 5.07. The smallest absolute Gasteiger partial charge is 0.270 e. The summed E-state index contributed by atoms with van der Waals surface area (Å²) < 4.78 is 1.71. The molecule has 1 aromatic heterocycles. The number of aliphatic hydroxyl groups is 1. The molecular weight excluding hydrogens is 240 g/mol. The fraction of sp³-hybridized carbons (Fsp3) is 0.583. The van der Waals surface area contributed by atoms with E-state index in [1.165, 1.54) is 0 Å². The Bertz CT molecular complexity index is 447. The van der Waals surface area contributed by atoms with Gasteiger partial charge in [0.2, 0.25) is 0 Å². The van der Waals surface area contributed by atoms with Gasteiger partial charge in [-0.15, -0.1) is 0 Å². The van der Waals surface area contributed by atoms with Gasteiger partial charge in [0.05, 0.1) is 18.1 Å². The predicted molar refractivity (Wildman–Crippen MR) is 66.1 cm³/mol. The Kier molecular flexibility index (Phi) is 2.96. The van der Waals surface area contributed by atoms with Crippen LogP contribution < -0.4 is 0 Å². The van der Waals surface area contributed by atoms with E-state index in [1.54, 1.807) is 28.8 Å². The molecule has 5 heteroatoms. The lowest BCUT2D eigenvalue weighted by Crippen LogP contribution is -2.66. The first-order valence-electron chi connectivity index (χ1n) is 5.67. The second-order valence-corrected chi connectivity index (χ2v) is 5.51. The molecule has 2 rings (SSSR count). The summed E-state index contributed by atoms with van der Waals surface area (Å²) in [5, 5.41) is 10.7. The molecule has 4 nitrogen and oxygen atoms in total. The van der Waals surface area contributed by atoms with Crippen molar-refractivity contribution in [2.75, 3.05) is 13.1 Å². The zero-order chi connectivity index (χ0) is 12.8. The Morgan fingerprint density at radius 2 is 2.12 bits per heavy atom. The van der Waals surface area contributed by atoms with Gasteiger partial charge in [0.1, 0.15) is 11.3 Å². The highest BCUT2D eigenvalue weighted by Crippen LogP contribution is 2.30. The second kappa shape index (κ2) is 4.03. The van der Waals surface area contributed by atoms with Gasteiger partial charge in [0.15, 0.2) is 0 Å². The molecular formula is C12H17ClN2O2. The van der Waals surface area contributed by atoms with Crippen LogP contribution in [0.5, 0.6) is 0 Å². The highest BCUT2D eigenvalue weighted by Gasteiger charge is 2.46. The Morgan fingerprint density at radius 3 is 2.53 bits per heavy atom. The van der Waals surface area contributed by atoms with Gasteiger partial charge >= 0.3 is 0 Å². The number of hydrogen-bond acceptors (Lipinski definition) is 2. The number of aryl methyl sites for hydroxylation is 1. The molecule has 17 heavy (non-hydrogen) atoms. The molecule has 94 valence electrons. The maximum absolute atomic E-state index is 12.1. The summed E-state index contributed by atoms with van der Waals surface area (Å²) in [5.41, 5.74) is -0.175. The molecule has 0 radical (unpaired) electrons. The normalized spacial score (nSPS) is 18.4. The molecule has 1 amide bonds. The van der Waals surface area contributed by atoms with Crippen LogP contribution in [0.25, 0.3) is 0 Å². The molecule has 0 bridgehead atoms. The average Bonchev–Trinajstić information content (AvgIpc) is 2.51. The Labute approximate surface area is 106 Å². The first-order chi connectivity index (χ1) is 7.83. The molecule has 0 unspecified atom stereocenters. The largest absolute Gasteiger partial charge is 0.386 e. The molecule has 1 fully saturated rings. The topological polar surface area (TPSA) is 45.5 Å². The minimum Gasteiger partial charge on any atom is -0.386 e. The molecule has 0 saturated carbocycles. The molecule has 1 saturated heterocycles. The van der Waals surface area contributed by atoms with Crippen molar-refractivity contribution in [3.8, 4) is 0 Å². The zero-order valence-electron chi connectivity index (χ0n) is 10.3. The Hall–Kier alpha value is -1.00. The van der Waals surface area contributed by atoms with Crippen LogP contribution in [-0.4, -0.2) is 39.2 Å². The van der Waals surface area contributed by atoms with Crippen molar-refractivity contribution in [3.63, 3.8) is 0 Å². The standard InChI is InChI=1S/C12H17ClN2O2/c1-8(2)12(17)6-15(7-12)11(16)10-4-9(13)5-14(10)3/h4-5,8,17H,6-7H2,1-3H3. The molecule has 1 N–H and O–H groups in total. The van der Waals surface area contributed by atoms with Crippen LogP contribution in [0, 0.1) is 5.92 Å². The first kappa shape index (κ1) is 12.5. The van der Waals surface area contributed by atoms with Crippen molar-refractivity contribution < 1.29 is 9.90 Å². The highest BCUT2D eigenvalue weighted by molar-refractivity contribution is 6.31. The molecule has 0 aliphatic carbocycles. The fourth-order valence-electron chi connectivity index (χ4n) is 2.02. The van der Waals surface area contributed by atoms with Crippen LogP contribution >= 0.6 is 11.6 Å². The number of carbonyl (C=O) groups is 1. The number of β-amino-alcohol motifs (C(OH)–C–C–N with tert-alkyl or cyclic N) is 1. The molecule has 0 atom stereocenters. The summed E-state index contributed by atoms with van der Waals surface area (Å²) in [6.07, 6.45) is 1.70. The van der Waals surface area contributed by atoms with Crippen LogP contribution in [0.1, 0.15) is 24.3 Å². The van der Waals surface area contributed by atoms with Gasteiger partial charge in [-0.25, -0.2) is 0 Å². The van der Waals surface area contributed by atoms with Gasteiger partial charge < -0.3 is 14.6 Å². The maximum Gasteiger partial charge on any atom is 0.270 e. The van der Waals surface area contributed by atoms with Crippen molar-refractivity contribution in [3.05, 3.63) is 23.0 Å². The number of nitrogens with zero attached hydrogens (tertiary/aromatic N) is 2. The number of amides is 1. The van der Waals surface area contributed by atoms with Crippen LogP contribution in [0.2, 0.25) is 5.02 Å². The Balaban J connectivity index is 2.08. The van der Waals surface area contributed by atoms with E-state index >= 15 is 0 Å². The summed E-state index contributed by atoms with van der Waals surface area (Å²) >= 11 is 5.84. The monoisotopic (exact) mass is 256 g/mol. The van der Waals surface area contributed by atoms with Crippen molar-refractivity contribution in [2.24, 2.45) is 13.0 Å². The molecule has 0 spiro atoms. The number of hydrogen-bond donors (Lipinski definition) is 1. The van der Waals surface area contributed by atoms with E-state index < -0.39 is 5.60 Å². The SMILES string of the molecule is CC(C)C1(O)CN(C(=O)c2cc(Cl)cn2C)C1. The third-order valence-electron chi connectivity index (χ3n) is 3.48. The lowest BCUT2D eigenvalue weighted by molar-refractivity contribution is -0.111. The summed E-state index contributed by atoms with van der Waals surface area (Å²) in [6, 6.07) is 1.65. The lowest BCUT2D eigenvalue weighted by Gasteiger charge is -2.48. The van der Waals surface area contributed by atoms with E-state index in [0.717, 1.165) is 0 Å². The van der Waals surface area contributed by atoms with E-state index in [-0.39, 0.29) is 11.8 Å². The summed E-state index contributed by atoms with van der Waals surface area (Å²) in [7, 11) is 1.79. The van der Waals surface area contributed by atoms with Gasteiger partial charge in [-0.2, -0.15) is 0 Å². The van der Waals surface area contributed by atoms with Crippen molar-refractivity contribution in [1.82, 2.24) is 9.47 Å². The van der Waals surface area contributed by atoms with Crippen molar-refractivity contribution >= 4 is 17.5 Å². The summed E-state index contributed by atoms with van der Waals surface area (Å²) in [5.74, 6) is 0.0771. The zero-order valence-corrected chi connectivity index (χ0v) is 11.0. The average molecular weight is 257 g/mol. The number of rotatable bonds is 2. The highest BCUT2D eigenvalue weighted by atomic mass is 35.5. The summed E-state index contributed by atoms with van der Waals surface area (Å²) in [4.78, 5) is 13.8. The molecule has 1 aromatic rings. The van der Waals surface area contributed by atoms with Gasteiger partial charge in [-0.05, 0) is 12.0 Å². The van der Waals surface area contributed by atoms with Crippen LogP contribution in [0.3, 0.4) is 0 Å². The van der Waals surface area contributed by atoms with Crippen LogP contribution in [-0.2, 0) is 7.05 Å². The Morgan fingerprint density at radius 1 is 1.53 bits per heavy atom. The van der Waals surface area contributed by atoms with E-state index in [4.69, 9.17) is 11.6 Å². The quantitative estimate of drug-likeness (QED) is 0.872. The van der Waals surface area contributed by atoms with Crippen LogP contribution in [0.15, 0.2) is 12.3 Å². The van der Waals surface area contributed by atoms with Crippen molar-refractivity contribution in [1.29, 1.82) is 0 Å². The number of halogens is 1. The minimum absolute atomic E-state index is 0.0790. The number of carbonyl (C=O) groups excluding carboxylic acids is 1. The maximum atomic E-state index is 12.1. The van der Waals surface area contributed by atoms with E-state index in [1.807, 2.05) is 13.8 Å². The molecule has 2 heterocycles. The van der Waals surface area contributed by atoms with E-state index in [2.05, 4.69) is 0 Å². The van der Waals surface area contributed by atoms with Gasteiger partial charge in [0, 0.05) is 13.2 Å². The van der Waals surface area contributed by atoms with E-state index in [9.17, 15) is 9.90 Å².